The van der Waals surface area contributed by atoms with Gasteiger partial charge in [0.05, 0.1) is 25.2 Å². The molecule has 4 bridgehead atoms. The normalized spacial score (nSPS) is 18.5. The number of nitrogens with zero attached hydrogens (tertiary/aromatic N) is 3. The number of thiazole rings is 2. The highest BCUT2D eigenvalue weighted by atomic mass is 32.1. The minimum absolute atomic E-state index is 0.00986. The number of benzene rings is 1. The predicted octanol–water partition coefficient (Wildman–Crippen LogP) is 2.22. The molecular formula is C29H35N7O5S2. The molecule has 12 nitrogen and oxygen atoms in total. The molecule has 1 aliphatic heterocycles. The molecule has 0 unspecified atom stereocenters. The Morgan fingerprint density at radius 1 is 1.00 bits per heavy atom. The van der Waals surface area contributed by atoms with Crippen LogP contribution in [0.25, 0.3) is 0 Å². The highest BCUT2D eigenvalue weighted by Gasteiger charge is 2.27. The molecule has 3 heterocycles. The van der Waals surface area contributed by atoms with Gasteiger partial charge in [-0.3, -0.25) is 24.0 Å². The Bertz CT molecular complexity index is 1460. The van der Waals surface area contributed by atoms with E-state index in [1.165, 1.54) is 34.5 Å². The van der Waals surface area contributed by atoms with Gasteiger partial charge in [-0.2, -0.15) is 0 Å². The van der Waals surface area contributed by atoms with Gasteiger partial charge in [-0.1, -0.05) is 44.2 Å². The molecular weight excluding hydrogens is 590 g/mol. The molecule has 3 aromatic rings. The fraction of sp³-hybridized carbons (Fsp3) is 0.414. The number of hydrogen-bond donors (Lipinski definition) is 4. The van der Waals surface area contributed by atoms with Gasteiger partial charge >= 0.3 is 0 Å². The van der Waals surface area contributed by atoms with E-state index >= 15 is 0 Å². The second-order valence-corrected chi connectivity index (χ2v) is 12.3. The van der Waals surface area contributed by atoms with Crippen molar-refractivity contribution in [1.82, 2.24) is 36.1 Å². The molecule has 14 heteroatoms. The lowest BCUT2D eigenvalue weighted by Crippen LogP contribution is -2.46. The van der Waals surface area contributed by atoms with E-state index in [1.807, 2.05) is 44.2 Å². The zero-order valence-corrected chi connectivity index (χ0v) is 25.8. The van der Waals surface area contributed by atoms with Crippen LogP contribution in [0.2, 0.25) is 0 Å². The van der Waals surface area contributed by atoms with Crippen LogP contribution in [0.5, 0.6) is 0 Å². The predicted molar refractivity (Wildman–Crippen MR) is 163 cm³/mol. The molecule has 0 saturated heterocycles. The number of carbonyl (C=O) groups is 5. The van der Waals surface area contributed by atoms with Crippen LogP contribution in [0.4, 0.5) is 0 Å². The topological polar surface area (TPSA) is 162 Å². The maximum Gasteiger partial charge on any atom is 0.271 e. The largest absolute Gasteiger partial charge is 0.351 e. The number of rotatable bonds is 5. The number of hydrogen-bond acceptors (Lipinski definition) is 9. The van der Waals surface area contributed by atoms with E-state index in [4.69, 9.17) is 0 Å². The van der Waals surface area contributed by atoms with Crippen molar-refractivity contribution < 1.29 is 24.0 Å². The number of aromatic nitrogens is 2. The Kier molecular flexibility index (Phi) is 11.0. The van der Waals surface area contributed by atoms with Gasteiger partial charge in [0.2, 0.25) is 17.7 Å². The molecule has 1 aromatic carbocycles. The van der Waals surface area contributed by atoms with Crippen LogP contribution in [0.3, 0.4) is 0 Å². The molecule has 228 valence electrons. The highest BCUT2D eigenvalue weighted by Crippen LogP contribution is 2.27. The smallest absolute Gasteiger partial charge is 0.271 e. The molecule has 0 aliphatic carbocycles. The molecule has 5 amide bonds. The van der Waals surface area contributed by atoms with Crippen molar-refractivity contribution in [3.05, 3.63) is 68.1 Å². The molecule has 2 atom stereocenters. The Labute approximate surface area is 257 Å². The van der Waals surface area contributed by atoms with Gasteiger partial charge in [-0.05, 0) is 24.3 Å². The van der Waals surface area contributed by atoms with E-state index in [2.05, 4.69) is 31.2 Å². The van der Waals surface area contributed by atoms with Gasteiger partial charge in [0.1, 0.15) is 21.4 Å². The molecule has 43 heavy (non-hydrogen) atoms. The third-order valence-corrected chi connectivity index (χ3v) is 8.60. The van der Waals surface area contributed by atoms with Crippen molar-refractivity contribution >= 4 is 52.2 Å². The van der Waals surface area contributed by atoms with E-state index < -0.39 is 23.9 Å². The Hall–Kier alpha value is -4.17. The summed E-state index contributed by atoms with van der Waals surface area (Å²) in [6.07, 6.45) is 0.791. The third kappa shape index (κ3) is 8.91. The lowest BCUT2D eigenvalue weighted by atomic mass is 10.0. The van der Waals surface area contributed by atoms with Gasteiger partial charge in [0.25, 0.3) is 11.8 Å². The van der Waals surface area contributed by atoms with Crippen LogP contribution < -0.4 is 21.3 Å². The number of amides is 5. The molecule has 0 fully saturated rings. The summed E-state index contributed by atoms with van der Waals surface area (Å²) in [4.78, 5) is 74.2. The summed E-state index contributed by atoms with van der Waals surface area (Å²) in [5, 5.41) is 15.7. The molecule has 4 rings (SSSR count). The van der Waals surface area contributed by atoms with Crippen molar-refractivity contribution in [1.29, 1.82) is 0 Å². The maximum absolute atomic E-state index is 13.3. The quantitative estimate of drug-likeness (QED) is 0.338. The average molecular weight is 626 g/mol. The molecule has 0 spiro atoms. The summed E-state index contributed by atoms with van der Waals surface area (Å²) < 4.78 is 0. The van der Waals surface area contributed by atoms with Crippen molar-refractivity contribution in [2.75, 3.05) is 26.2 Å². The van der Waals surface area contributed by atoms with Crippen LogP contribution in [0, 0.1) is 5.92 Å². The Balaban J connectivity index is 1.65. The molecule has 0 saturated carbocycles. The van der Waals surface area contributed by atoms with E-state index in [1.54, 1.807) is 10.8 Å². The molecule has 0 radical (unpaired) electrons. The highest BCUT2D eigenvalue weighted by molar-refractivity contribution is 7.10. The van der Waals surface area contributed by atoms with Gasteiger partial charge < -0.3 is 26.2 Å². The molecule has 4 N–H and O–H groups in total. The molecule has 2 aromatic heterocycles. The van der Waals surface area contributed by atoms with Crippen LogP contribution in [-0.2, 0) is 20.8 Å². The zero-order chi connectivity index (χ0) is 30.9. The van der Waals surface area contributed by atoms with E-state index in [-0.39, 0.29) is 61.2 Å². The standard InChI is InChI=1S/C29H35N7O5S2/c1-17(2)25-29-34-21(15-43-29)26(40)30-10-7-11-36(24(39)13-31-18(3)37)14-23(38)32-20(12-19-8-5-4-6-9-19)28-33-22(16-42-28)27(41)35-25/h4-6,8-9,15-17,20,25H,7,10-14H2,1-3H3,(H,30,40)(H,31,37)(H,32,38)(H,35,41)/t20-,25-/m0/s1. The first-order valence-corrected chi connectivity index (χ1v) is 15.7. The summed E-state index contributed by atoms with van der Waals surface area (Å²) in [6.45, 7) is 5.11. The SMILES string of the molecule is CC(=O)NCC(=O)N1CCCNC(=O)c2csc(n2)[C@H](C(C)C)NC(=O)c2csc(n2)[C@H](Cc2ccccc2)NC(=O)C1. The zero-order valence-electron chi connectivity index (χ0n) is 24.2. The van der Waals surface area contributed by atoms with Crippen molar-refractivity contribution in [3.8, 4) is 0 Å². The first-order chi connectivity index (χ1) is 20.6. The average Bonchev–Trinajstić information content (AvgIpc) is 3.66. The van der Waals surface area contributed by atoms with Gasteiger partial charge in [-0.15, -0.1) is 22.7 Å². The summed E-state index contributed by atoms with van der Waals surface area (Å²) >= 11 is 2.55. The molecule has 1 aliphatic rings. The fourth-order valence-electron chi connectivity index (χ4n) is 4.44. The van der Waals surface area contributed by atoms with Crippen molar-refractivity contribution in [2.45, 2.75) is 45.7 Å². The summed E-state index contributed by atoms with van der Waals surface area (Å²) in [5.41, 5.74) is 1.40. The lowest BCUT2D eigenvalue weighted by molar-refractivity contribution is -0.136. The third-order valence-electron chi connectivity index (χ3n) is 6.71. The number of nitrogens with one attached hydrogen (secondary N) is 4. The second kappa shape index (κ2) is 14.8. The van der Waals surface area contributed by atoms with E-state index in [9.17, 15) is 24.0 Å². The first-order valence-electron chi connectivity index (χ1n) is 14.0. The monoisotopic (exact) mass is 625 g/mol. The summed E-state index contributed by atoms with van der Waals surface area (Å²) in [7, 11) is 0. The lowest BCUT2D eigenvalue weighted by Gasteiger charge is -2.24. The van der Waals surface area contributed by atoms with Gasteiger partial charge in [-0.25, -0.2) is 9.97 Å². The van der Waals surface area contributed by atoms with E-state index in [0.29, 0.717) is 22.9 Å². The number of fused-ring (bicyclic) bond motifs is 4. The Morgan fingerprint density at radius 3 is 2.37 bits per heavy atom. The van der Waals surface area contributed by atoms with Crippen molar-refractivity contribution in [3.63, 3.8) is 0 Å². The van der Waals surface area contributed by atoms with Crippen LogP contribution in [0.1, 0.15) is 75.8 Å². The van der Waals surface area contributed by atoms with Gasteiger partial charge in [0.15, 0.2) is 0 Å². The second-order valence-electron chi connectivity index (χ2n) is 10.5. The van der Waals surface area contributed by atoms with Crippen LogP contribution in [-0.4, -0.2) is 70.6 Å². The fourth-order valence-corrected chi connectivity index (χ4v) is 6.32. The minimum atomic E-state index is -0.558. The van der Waals surface area contributed by atoms with Crippen LogP contribution >= 0.6 is 22.7 Å². The number of carbonyl (C=O) groups excluding carboxylic acids is 5. The van der Waals surface area contributed by atoms with Crippen LogP contribution in [0.15, 0.2) is 41.1 Å². The summed E-state index contributed by atoms with van der Waals surface area (Å²) in [5.74, 6) is -1.99. The van der Waals surface area contributed by atoms with Crippen molar-refractivity contribution in [2.24, 2.45) is 5.92 Å². The van der Waals surface area contributed by atoms with Gasteiger partial charge in [0, 0.05) is 30.8 Å². The summed E-state index contributed by atoms with van der Waals surface area (Å²) in [6, 6.07) is 8.59. The first kappa shape index (κ1) is 31.8. The Morgan fingerprint density at radius 2 is 1.67 bits per heavy atom. The van der Waals surface area contributed by atoms with E-state index in [0.717, 1.165) is 5.56 Å². The maximum atomic E-state index is 13.3. The minimum Gasteiger partial charge on any atom is -0.351 e.